The third-order valence-corrected chi connectivity index (χ3v) is 3.75. The van der Waals surface area contributed by atoms with Crippen molar-refractivity contribution in [1.29, 1.82) is 0 Å². The molecule has 0 bridgehead atoms. The number of unbranched alkanes of at least 4 members (excludes halogenated alkanes) is 2. The number of ether oxygens (including phenoxy) is 2. The first-order valence-electron chi connectivity index (χ1n) is 8.57. The number of hydrogen-bond donors (Lipinski definition) is 0. The van der Waals surface area contributed by atoms with E-state index in [9.17, 15) is 9.59 Å². The first-order valence-corrected chi connectivity index (χ1v) is 8.57. The number of hydrogen-bond acceptors (Lipinski definition) is 4. The lowest BCUT2D eigenvalue weighted by atomic mass is 10.1. The molecule has 0 heterocycles. The Bertz CT molecular complexity index is 545. The van der Waals surface area contributed by atoms with E-state index in [0.717, 1.165) is 30.4 Å². The number of benzene rings is 1. The predicted octanol–water partition coefficient (Wildman–Crippen LogP) is 4.45. The van der Waals surface area contributed by atoms with Crippen molar-refractivity contribution in [3.8, 4) is 0 Å². The molecule has 0 fully saturated rings. The Hall–Kier alpha value is -2.10. The van der Waals surface area contributed by atoms with Crippen molar-refractivity contribution in [2.45, 2.75) is 65.6 Å². The minimum atomic E-state index is -0.490. The second-order valence-corrected chi connectivity index (χ2v) is 6.04. The van der Waals surface area contributed by atoms with Gasteiger partial charge in [-0.05, 0) is 38.8 Å². The highest BCUT2D eigenvalue weighted by molar-refractivity contribution is 5.87. The van der Waals surface area contributed by atoms with E-state index in [1.165, 1.54) is 6.08 Å². The molecule has 132 valence electrons. The summed E-state index contributed by atoms with van der Waals surface area (Å²) in [5.41, 5.74) is 2.10. The third-order valence-electron chi connectivity index (χ3n) is 3.75. The summed E-state index contributed by atoms with van der Waals surface area (Å²) in [7, 11) is 0. The fourth-order valence-corrected chi connectivity index (χ4v) is 2.04. The summed E-state index contributed by atoms with van der Waals surface area (Å²) in [6, 6.07) is 7.83. The highest BCUT2D eigenvalue weighted by Gasteiger charge is 2.19. The minimum absolute atomic E-state index is 0.242. The molecule has 1 aromatic rings. The molecule has 4 nitrogen and oxygen atoms in total. The molecule has 0 radical (unpaired) electrons. The Morgan fingerprint density at radius 3 is 2.29 bits per heavy atom. The molecule has 0 spiro atoms. The molecule has 2 unspecified atom stereocenters. The molecule has 2 atom stereocenters. The zero-order chi connectivity index (χ0) is 17.9. The maximum absolute atomic E-state index is 11.8. The predicted molar refractivity (Wildman–Crippen MR) is 95.5 cm³/mol. The van der Waals surface area contributed by atoms with Gasteiger partial charge in [-0.25, -0.2) is 4.79 Å². The monoisotopic (exact) mass is 332 g/mol. The van der Waals surface area contributed by atoms with E-state index in [1.807, 2.05) is 31.2 Å². The largest absolute Gasteiger partial charge is 0.459 e. The van der Waals surface area contributed by atoms with Gasteiger partial charge in [0, 0.05) is 12.5 Å². The summed E-state index contributed by atoms with van der Waals surface area (Å²) in [6.45, 7) is 7.55. The van der Waals surface area contributed by atoms with Crippen LogP contribution in [0.4, 0.5) is 0 Å². The average Bonchev–Trinajstić information content (AvgIpc) is 2.54. The van der Waals surface area contributed by atoms with Crippen molar-refractivity contribution in [2.75, 3.05) is 0 Å². The molecule has 24 heavy (non-hydrogen) atoms. The maximum atomic E-state index is 11.8. The van der Waals surface area contributed by atoms with Crippen LogP contribution in [0.25, 0.3) is 6.08 Å². The van der Waals surface area contributed by atoms with E-state index in [-0.39, 0.29) is 5.97 Å². The van der Waals surface area contributed by atoms with Crippen molar-refractivity contribution in [3.63, 3.8) is 0 Å². The van der Waals surface area contributed by atoms with Gasteiger partial charge in [0.2, 0.25) is 0 Å². The van der Waals surface area contributed by atoms with Gasteiger partial charge in [-0.1, -0.05) is 49.6 Å². The molecule has 0 N–H and O–H groups in total. The molecule has 0 aliphatic carbocycles. The van der Waals surface area contributed by atoms with Gasteiger partial charge in [-0.3, -0.25) is 4.79 Å². The van der Waals surface area contributed by atoms with Crippen molar-refractivity contribution < 1.29 is 19.1 Å². The van der Waals surface area contributed by atoms with Gasteiger partial charge in [-0.15, -0.1) is 0 Å². The lowest BCUT2D eigenvalue weighted by molar-refractivity contribution is -0.162. The number of aryl methyl sites for hydroxylation is 1. The van der Waals surface area contributed by atoms with Crippen molar-refractivity contribution in [3.05, 3.63) is 41.5 Å². The van der Waals surface area contributed by atoms with Crippen LogP contribution in [0, 0.1) is 6.92 Å². The highest BCUT2D eigenvalue weighted by atomic mass is 16.6. The van der Waals surface area contributed by atoms with Crippen LogP contribution in [0.5, 0.6) is 0 Å². The third kappa shape index (κ3) is 7.95. The van der Waals surface area contributed by atoms with E-state index in [2.05, 4.69) is 6.92 Å². The van der Waals surface area contributed by atoms with Crippen LogP contribution in [0.3, 0.4) is 0 Å². The molecular weight excluding hydrogens is 304 g/mol. The quantitative estimate of drug-likeness (QED) is 0.381. The van der Waals surface area contributed by atoms with E-state index in [4.69, 9.17) is 9.47 Å². The van der Waals surface area contributed by atoms with Crippen molar-refractivity contribution >= 4 is 18.0 Å². The second kappa shape index (κ2) is 10.6. The summed E-state index contributed by atoms with van der Waals surface area (Å²) >= 11 is 0. The van der Waals surface area contributed by atoms with Gasteiger partial charge in [0.1, 0.15) is 12.2 Å². The molecule has 0 saturated carbocycles. The maximum Gasteiger partial charge on any atom is 0.331 e. The number of esters is 2. The van der Waals surface area contributed by atoms with Gasteiger partial charge in [0.05, 0.1) is 0 Å². The lowest BCUT2D eigenvalue weighted by Crippen LogP contribution is -2.30. The van der Waals surface area contributed by atoms with Crippen molar-refractivity contribution in [1.82, 2.24) is 0 Å². The van der Waals surface area contributed by atoms with E-state index in [0.29, 0.717) is 6.42 Å². The number of rotatable bonds is 9. The number of carbonyl (C=O) groups excluding carboxylic acids is 2. The minimum Gasteiger partial charge on any atom is -0.459 e. The molecular formula is C20H28O4. The Kier molecular flexibility index (Phi) is 8.84. The molecule has 4 heteroatoms. The zero-order valence-corrected chi connectivity index (χ0v) is 15.1. The van der Waals surface area contributed by atoms with E-state index in [1.54, 1.807) is 19.9 Å². The Morgan fingerprint density at radius 2 is 1.67 bits per heavy atom. The number of carbonyl (C=O) groups is 2. The van der Waals surface area contributed by atoms with Crippen LogP contribution < -0.4 is 0 Å². The SMILES string of the molecule is CCCCCC(=O)OC(C)C(C)OC(=O)/C=C/c1ccc(C)cc1. The van der Waals surface area contributed by atoms with Gasteiger partial charge in [0.15, 0.2) is 0 Å². The van der Waals surface area contributed by atoms with Gasteiger partial charge in [-0.2, -0.15) is 0 Å². The van der Waals surface area contributed by atoms with Crippen LogP contribution in [-0.4, -0.2) is 24.1 Å². The summed E-state index contributed by atoms with van der Waals surface area (Å²) in [6.07, 6.45) is 5.45. The smallest absolute Gasteiger partial charge is 0.331 e. The van der Waals surface area contributed by atoms with Gasteiger partial charge in [0.25, 0.3) is 0 Å². The fourth-order valence-electron chi connectivity index (χ4n) is 2.04. The summed E-state index contributed by atoms with van der Waals surface area (Å²) in [5.74, 6) is -0.689. The average molecular weight is 332 g/mol. The Morgan fingerprint density at radius 1 is 1.04 bits per heavy atom. The van der Waals surface area contributed by atoms with E-state index >= 15 is 0 Å². The lowest BCUT2D eigenvalue weighted by Gasteiger charge is -2.20. The molecule has 0 aromatic heterocycles. The van der Waals surface area contributed by atoms with Gasteiger partial charge >= 0.3 is 11.9 Å². The summed E-state index contributed by atoms with van der Waals surface area (Å²) in [4.78, 5) is 23.5. The standard InChI is InChI=1S/C20H28O4/c1-5-6-7-8-19(21)23-16(3)17(4)24-20(22)14-13-18-11-9-15(2)10-12-18/h9-14,16-17H,5-8H2,1-4H3/b14-13+. The summed E-state index contributed by atoms with van der Waals surface area (Å²) in [5, 5.41) is 0. The molecule has 0 saturated heterocycles. The van der Waals surface area contributed by atoms with Gasteiger partial charge < -0.3 is 9.47 Å². The molecule has 0 aliphatic rings. The first-order chi connectivity index (χ1) is 11.4. The van der Waals surface area contributed by atoms with Crippen LogP contribution in [0.15, 0.2) is 30.3 Å². The topological polar surface area (TPSA) is 52.6 Å². The Balaban J connectivity index is 2.39. The normalized spacial score (nSPS) is 13.5. The van der Waals surface area contributed by atoms with Crippen LogP contribution in [0.2, 0.25) is 0 Å². The van der Waals surface area contributed by atoms with Crippen LogP contribution >= 0.6 is 0 Å². The molecule has 1 rings (SSSR count). The first kappa shape index (κ1) is 19.9. The molecule has 1 aromatic carbocycles. The highest BCUT2D eigenvalue weighted by Crippen LogP contribution is 2.09. The van der Waals surface area contributed by atoms with Crippen LogP contribution in [0.1, 0.15) is 57.6 Å². The Labute approximate surface area is 144 Å². The second-order valence-electron chi connectivity index (χ2n) is 6.04. The fraction of sp³-hybridized carbons (Fsp3) is 0.500. The van der Waals surface area contributed by atoms with Crippen LogP contribution in [-0.2, 0) is 19.1 Å². The zero-order valence-electron chi connectivity index (χ0n) is 15.1. The summed E-state index contributed by atoms with van der Waals surface area (Å²) < 4.78 is 10.6. The van der Waals surface area contributed by atoms with E-state index < -0.39 is 18.2 Å². The van der Waals surface area contributed by atoms with Crippen molar-refractivity contribution in [2.24, 2.45) is 0 Å². The molecule has 0 amide bonds. The molecule has 0 aliphatic heterocycles.